The van der Waals surface area contributed by atoms with E-state index in [0.717, 1.165) is 0 Å². The molecule has 0 bridgehead atoms. The van der Waals surface area contributed by atoms with E-state index in [4.69, 9.17) is 0 Å². The standard InChI is InChI=1S/C15H17NO4/c1-2-11-13(15(19)20)12(17)8-9-16(11)14(18)10-6-4-3-5-7-10/h3-7,11,13H,2,8-9H2,1H3,(H,19,20). The van der Waals surface area contributed by atoms with Crippen LogP contribution in [0.25, 0.3) is 0 Å². The number of hydrogen-bond acceptors (Lipinski definition) is 3. The van der Waals surface area contributed by atoms with Crippen LogP contribution in [-0.2, 0) is 9.59 Å². The highest BCUT2D eigenvalue weighted by Crippen LogP contribution is 2.25. The molecule has 0 spiro atoms. The maximum absolute atomic E-state index is 12.5. The van der Waals surface area contributed by atoms with Gasteiger partial charge in [-0.3, -0.25) is 14.4 Å². The SMILES string of the molecule is CCC1C(C(=O)O)C(=O)CCN1C(=O)c1ccccc1. The zero-order valence-electron chi connectivity index (χ0n) is 11.3. The van der Waals surface area contributed by atoms with Gasteiger partial charge in [-0.25, -0.2) is 0 Å². The third kappa shape index (κ3) is 2.57. The second kappa shape index (κ2) is 5.86. The van der Waals surface area contributed by atoms with Gasteiger partial charge in [-0.2, -0.15) is 0 Å². The summed E-state index contributed by atoms with van der Waals surface area (Å²) >= 11 is 0. The normalized spacial score (nSPS) is 22.6. The Morgan fingerprint density at radius 2 is 1.95 bits per heavy atom. The predicted molar refractivity (Wildman–Crippen MR) is 72.3 cm³/mol. The predicted octanol–water partition coefficient (Wildman–Crippen LogP) is 1.58. The van der Waals surface area contributed by atoms with Crippen molar-refractivity contribution in [2.24, 2.45) is 5.92 Å². The molecule has 5 heteroatoms. The molecule has 1 N–H and O–H groups in total. The number of aliphatic carboxylic acids is 1. The van der Waals surface area contributed by atoms with E-state index in [1.807, 2.05) is 6.07 Å². The Labute approximate surface area is 117 Å². The van der Waals surface area contributed by atoms with E-state index in [9.17, 15) is 19.5 Å². The number of nitrogens with zero attached hydrogens (tertiary/aromatic N) is 1. The van der Waals surface area contributed by atoms with E-state index in [2.05, 4.69) is 0 Å². The summed E-state index contributed by atoms with van der Waals surface area (Å²) in [5, 5.41) is 9.22. The second-order valence-electron chi connectivity index (χ2n) is 4.87. The number of carboxylic acid groups (broad SMARTS) is 1. The van der Waals surface area contributed by atoms with Gasteiger partial charge in [0.05, 0.1) is 6.04 Å². The zero-order chi connectivity index (χ0) is 14.7. The highest BCUT2D eigenvalue weighted by Gasteiger charge is 2.42. The molecule has 1 aromatic rings. The van der Waals surface area contributed by atoms with Gasteiger partial charge in [0.15, 0.2) is 5.78 Å². The van der Waals surface area contributed by atoms with Crippen LogP contribution in [0.15, 0.2) is 30.3 Å². The van der Waals surface area contributed by atoms with Gasteiger partial charge < -0.3 is 10.0 Å². The quantitative estimate of drug-likeness (QED) is 0.850. The van der Waals surface area contributed by atoms with Crippen LogP contribution >= 0.6 is 0 Å². The molecule has 106 valence electrons. The van der Waals surface area contributed by atoms with Crippen molar-refractivity contribution in [2.45, 2.75) is 25.8 Å². The molecule has 1 aliphatic heterocycles. The van der Waals surface area contributed by atoms with Crippen LogP contribution in [0.1, 0.15) is 30.1 Å². The summed E-state index contributed by atoms with van der Waals surface area (Å²) in [5.74, 6) is -2.76. The fourth-order valence-electron chi connectivity index (χ4n) is 2.70. The number of rotatable bonds is 3. The summed E-state index contributed by atoms with van der Waals surface area (Å²) in [7, 11) is 0. The Balaban J connectivity index is 2.29. The Kier molecular flexibility index (Phi) is 4.17. The smallest absolute Gasteiger partial charge is 0.316 e. The fourth-order valence-corrected chi connectivity index (χ4v) is 2.70. The second-order valence-corrected chi connectivity index (χ2v) is 4.87. The first-order valence-corrected chi connectivity index (χ1v) is 6.67. The van der Waals surface area contributed by atoms with Crippen LogP contribution < -0.4 is 0 Å². The number of carbonyl (C=O) groups is 3. The van der Waals surface area contributed by atoms with Crippen molar-refractivity contribution in [1.82, 2.24) is 4.90 Å². The van der Waals surface area contributed by atoms with Crippen molar-refractivity contribution in [2.75, 3.05) is 6.54 Å². The number of benzene rings is 1. The molecule has 2 unspecified atom stereocenters. The largest absolute Gasteiger partial charge is 0.481 e. The number of carboxylic acids is 1. The van der Waals surface area contributed by atoms with Crippen molar-refractivity contribution in [3.05, 3.63) is 35.9 Å². The first-order chi connectivity index (χ1) is 9.56. The van der Waals surface area contributed by atoms with Crippen molar-refractivity contribution >= 4 is 17.7 Å². The molecule has 1 fully saturated rings. The van der Waals surface area contributed by atoms with Crippen molar-refractivity contribution in [3.63, 3.8) is 0 Å². The van der Waals surface area contributed by atoms with Crippen LogP contribution in [0.5, 0.6) is 0 Å². The van der Waals surface area contributed by atoms with E-state index in [1.165, 1.54) is 4.90 Å². The Morgan fingerprint density at radius 1 is 1.30 bits per heavy atom. The molecule has 1 aromatic carbocycles. The maximum Gasteiger partial charge on any atom is 0.316 e. The van der Waals surface area contributed by atoms with Crippen molar-refractivity contribution in [3.8, 4) is 0 Å². The van der Waals surface area contributed by atoms with Gasteiger partial charge in [-0.1, -0.05) is 25.1 Å². The first kappa shape index (κ1) is 14.2. The number of carbonyl (C=O) groups excluding carboxylic acids is 2. The van der Waals surface area contributed by atoms with Gasteiger partial charge in [0.2, 0.25) is 0 Å². The molecule has 0 radical (unpaired) electrons. The highest BCUT2D eigenvalue weighted by atomic mass is 16.4. The molecular formula is C15H17NO4. The van der Waals surface area contributed by atoms with Crippen LogP contribution in [0.2, 0.25) is 0 Å². The third-order valence-corrected chi connectivity index (χ3v) is 3.70. The van der Waals surface area contributed by atoms with E-state index in [0.29, 0.717) is 12.0 Å². The zero-order valence-corrected chi connectivity index (χ0v) is 11.3. The Morgan fingerprint density at radius 3 is 2.50 bits per heavy atom. The van der Waals surface area contributed by atoms with Gasteiger partial charge >= 0.3 is 5.97 Å². The highest BCUT2D eigenvalue weighted by molar-refractivity contribution is 6.02. The Bertz CT molecular complexity index is 526. The summed E-state index contributed by atoms with van der Waals surface area (Å²) in [5.41, 5.74) is 0.518. The number of Topliss-reactive ketones (excluding diaryl/α,β-unsaturated/α-hetero) is 1. The molecule has 0 aromatic heterocycles. The third-order valence-electron chi connectivity index (χ3n) is 3.70. The number of likely N-dealkylation sites (tertiary alicyclic amines) is 1. The molecule has 0 aliphatic carbocycles. The molecule has 1 saturated heterocycles. The number of piperidine rings is 1. The van der Waals surface area contributed by atoms with E-state index < -0.39 is 17.9 Å². The topological polar surface area (TPSA) is 74.7 Å². The number of amides is 1. The minimum absolute atomic E-state index is 0.103. The van der Waals surface area contributed by atoms with Gasteiger partial charge in [0, 0.05) is 18.5 Å². The van der Waals surface area contributed by atoms with Gasteiger partial charge in [0.1, 0.15) is 5.92 Å². The molecule has 5 nitrogen and oxygen atoms in total. The first-order valence-electron chi connectivity index (χ1n) is 6.67. The average molecular weight is 275 g/mol. The molecule has 2 atom stereocenters. The fraction of sp³-hybridized carbons (Fsp3) is 0.400. The summed E-state index contributed by atoms with van der Waals surface area (Å²) < 4.78 is 0. The summed E-state index contributed by atoms with van der Waals surface area (Å²) in [6.45, 7) is 2.08. The van der Waals surface area contributed by atoms with Crippen LogP contribution in [-0.4, -0.2) is 40.3 Å². The molecule has 1 aliphatic rings. The monoisotopic (exact) mass is 275 g/mol. The van der Waals surface area contributed by atoms with Crippen molar-refractivity contribution in [1.29, 1.82) is 0 Å². The Hall–Kier alpha value is -2.17. The minimum atomic E-state index is -1.15. The summed E-state index contributed by atoms with van der Waals surface area (Å²) in [4.78, 5) is 37.1. The van der Waals surface area contributed by atoms with Gasteiger partial charge in [0.25, 0.3) is 5.91 Å². The van der Waals surface area contributed by atoms with Crippen molar-refractivity contribution < 1.29 is 19.5 Å². The molecule has 0 saturated carbocycles. The van der Waals surface area contributed by atoms with Gasteiger partial charge in [-0.05, 0) is 18.6 Å². The number of ketones is 1. The summed E-state index contributed by atoms with van der Waals surface area (Å²) in [6, 6.07) is 8.16. The van der Waals surface area contributed by atoms with Crippen LogP contribution in [0.4, 0.5) is 0 Å². The summed E-state index contributed by atoms with van der Waals surface area (Å²) in [6.07, 6.45) is 0.549. The van der Waals surface area contributed by atoms with E-state index in [-0.39, 0.29) is 24.7 Å². The van der Waals surface area contributed by atoms with Gasteiger partial charge in [-0.15, -0.1) is 0 Å². The van der Waals surface area contributed by atoms with Crippen LogP contribution in [0, 0.1) is 5.92 Å². The lowest BCUT2D eigenvalue weighted by atomic mass is 9.86. The molecular weight excluding hydrogens is 258 g/mol. The minimum Gasteiger partial charge on any atom is -0.481 e. The number of hydrogen-bond donors (Lipinski definition) is 1. The molecule has 1 heterocycles. The van der Waals surface area contributed by atoms with E-state index in [1.54, 1.807) is 31.2 Å². The molecule has 2 rings (SSSR count). The average Bonchev–Trinajstić information content (AvgIpc) is 2.46. The molecule has 1 amide bonds. The lowest BCUT2D eigenvalue weighted by Crippen LogP contribution is -2.54. The van der Waals surface area contributed by atoms with E-state index >= 15 is 0 Å². The lowest BCUT2D eigenvalue weighted by Gasteiger charge is -2.38. The molecule has 20 heavy (non-hydrogen) atoms. The van der Waals surface area contributed by atoms with Crippen LogP contribution in [0.3, 0.4) is 0 Å². The lowest BCUT2D eigenvalue weighted by molar-refractivity contribution is -0.151. The maximum atomic E-state index is 12.5.